The summed E-state index contributed by atoms with van der Waals surface area (Å²) in [5.41, 5.74) is -1.09. The number of methoxy groups -OCH3 is 1. The van der Waals surface area contributed by atoms with Gasteiger partial charge in [0.2, 0.25) is 5.91 Å². The molecule has 2 aliphatic heterocycles. The lowest BCUT2D eigenvalue weighted by atomic mass is 9.88. The SMILES string of the molecule is COCC(=O)N1CCC2(CC1)CN(c1ccc(F)cc1)C(=O)C(F)(F)O2. The molecule has 0 radical (unpaired) electrons. The normalized spacial score (nSPS) is 21.9. The average Bonchev–Trinajstić information content (AvgIpc) is 2.59. The van der Waals surface area contributed by atoms with Gasteiger partial charge < -0.3 is 19.3 Å². The molecule has 0 unspecified atom stereocenters. The maximum absolute atomic E-state index is 14.2. The summed E-state index contributed by atoms with van der Waals surface area (Å²) in [4.78, 5) is 26.4. The molecule has 0 aromatic heterocycles. The van der Waals surface area contributed by atoms with Gasteiger partial charge >= 0.3 is 12.0 Å². The van der Waals surface area contributed by atoms with E-state index in [1.807, 2.05) is 0 Å². The van der Waals surface area contributed by atoms with Gasteiger partial charge in [0.25, 0.3) is 0 Å². The predicted molar refractivity (Wildman–Crippen MR) is 85.2 cm³/mol. The Balaban J connectivity index is 1.80. The third-order valence-corrected chi connectivity index (χ3v) is 4.72. The number of carbonyl (C=O) groups excluding carboxylic acids is 2. The van der Waals surface area contributed by atoms with E-state index in [9.17, 15) is 22.8 Å². The fraction of sp³-hybridized carbons (Fsp3) is 0.529. The molecular weight excluding hydrogens is 353 g/mol. The van der Waals surface area contributed by atoms with E-state index >= 15 is 0 Å². The Bertz CT molecular complexity index is 688. The van der Waals surface area contributed by atoms with Crippen LogP contribution in [0.2, 0.25) is 0 Å². The minimum atomic E-state index is -3.98. The molecule has 1 spiro atoms. The topological polar surface area (TPSA) is 59.1 Å². The number of likely N-dealkylation sites (tertiary alicyclic amines) is 1. The number of piperidine rings is 1. The van der Waals surface area contributed by atoms with Gasteiger partial charge in [0.1, 0.15) is 12.4 Å². The van der Waals surface area contributed by atoms with Crippen molar-refractivity contribution in [3.8, 4) is 0 Å². The monoisotopic (exact) mass is 372 g/mol. The third-order valence-electron chi connectivity index (χ3n) is 4.72. The smallest absolute Gasteiger partial charge is 0.375 e. The molecule has 6 nitrogen and oxygen atoms in total. The summed E-state index contributed by atoms with van der Waals surface area (Å²) in [5, 5.41) is 0. The lowest BCUT2D eigenvalue weighted by Crippen LogP contribution is -2.65. The van der Waals surface area contributed by atoms with Gasteiger partial charge in [-0.3, -0.25) is 9.59 Å². The predicted octanol–water partition coefficient (Wildman–Crippen LogP) is 1.79. The molecule has 2 saturated heterocycles. The molecule has 0 bridgehead atoms. The highest BCUT2D eigenvalue weighted by Gasteiger charge is 2.57. The number of hydrogen-bond donors (Lipinski definition) is 0. The van der Waals surface area contributed by atoms with E-state index in [4.69, 9.17) is 9.47 Å². The second kappa shape index (κ2) is 6.88. The second-order valence-corrected chi connectivity index (χ2v) is 6.48. The van der Waals surface area contributed by atoms with Crippen molar-refractivity contribution in [1.29, 1.82) is 0 Å². The van der Waals surface area contributed by atoms with Crippen LogP contribution in [0.3, 0.4) is 0 Å². The number of halogens is 3. The second-order valence-electron chi connectivity index (χ2n) is 6.48. The summed E-state index contributed by atoms with van der Waals surface area (Å²) in [6.45, 7) is 0.289. The zero-order chi connectivity index (χ0) is 18.9. The Hall–Kier alpha value is -2.13. The zero-order valence-electron chi connectivity index (χ0n) is 14.2. The first-order valence-electron chi connectivity index (χ1n) is 8.19. The summed E-state index contributed by atoms with van der Waals surface area (Å²) in [5.74, 6) is -2.23. The van der Waals surface area contributed by atoms with Gasteiger partial charge in [-0.15, -0.1) is 0 Å². The van der Waals surface area contributed by atoms with E-state index in [-0.39, 0.29) is 50.7 Å². The molecule has 2 amide bonds. The maximum Gasteiger partial charge on any atom is 0.437 e. The maximum atomic E-state index is 14.2. The number of hydrogen-bond acceptors (Lipinski definition) is 4. The lowest BCUT2D eigenvalue weighted by molar-refractivity contribution is -0.292. The third kappa shape index (κ3) is 3.54. The summed E-state index contributed by atoms with van der Waals surface area (Å²) >= 11 is 0. The van der Waals surface area contributed by atoms with Crippen LogP contribution in [0, 0.1) is 5.82 Å². The average molecular weight is 372 g/mol. The van der Waals surface area contributed by atoms with Crippen LogP contribution in [-0.2, 0) is 19.1 Å². The number of alkyl halides is 2. The highest BCUT2D eigenvalue weighted by atomic mass is 19.3. The van der Waals surface area contributed by atoms with Crippen LogP contribution in [0.25, 0.3) is 0 Å². The summed E-state index contributed by atoms with van der Waals surface area (Å²) in [6, 6.07) is 4.77. The van der Waals surface area contributed by atoms with Crippen molar-refractivity contribution < 1.29 is 32.2 Å². The fourth-order valence-electron chi connectivity index (χ4n) is 3.33. The number of benzene rings is 1. The van der Waals surface area contributed by atoms with Crippen molar-refractivity contribution >= 4 is 17.5 Å². The minimum Gasteiger partial charge on any atom is -0.375 e. The highest BCUT2D eigenvalue weighted by molar-refractivity contribution is 5.98. The quantitative estimate of drug-likeness (QED) is 0.812. The summed E-state index contributed by atoms with van der Waals surface area (Å²) in [7, 11) is 1.40. The molecule has 0 N–H and O–H groups in total. The first-order chi connectivity index (χ1) is 12.3. The minimum absolute atomic E-state index is 0.0792. The Morgan fingerprint density at radius 2 is 1.85 bits per heavy atom. The molecule has 0 saturated carbocycles. The largest absolute Gasteiger partial charge is 0.437 e. The number of morpholine rings is 1. The number of rotatable bonds is 3. The zero-order valence-corrected chi connectivity index (χ0v) is 14.2. The van der Waals surface area contributed by atoms with Crippen LogP contribution in [-0.4, -0.2) is 61.8 Å². The molecule has 0 atom stereocenters. The van der Waals surface area contributed by atoms with Gasteiger partial charge in [-0.2, -0.15) is 8.78 Å². The number of amides is 2. The van der Waals surface area contributed by atoms with Gasteiger partial charge in [-0.05, 0) is 37.1 Å². The molecule has 0 aliphatic carbocycles. The summed E-state index contributed by atoms with van der Waals surface area (Å²) < 4.78 is 51.3. The lowest BCUT2D eigenvalue weighted by Gasteiger charge is -2.48. The molecule has 2 fully saturated rings. The standard InChI is InChI=1S/C17H19F3N2O4/c1-25-10-14(23)21-8-6-16(7-9-21)11-22(15(24)17(19,20)26-16)13-4-2-12(18)3-5-13/h2-5H,6-11H2,1H3. The van der Waals surface area contributed by atoms with Crippen molar-refractivity contribution in [2.75, 3.05) is 38.3 Å². The molecule has 26 heavy (non-hydrogen) atoms. The van der Waals surface area contributed by atoms with Crippen LogP contribution >= 0.6 is 0 Å². The molecular formula is C17H19F3N2O4. The van der Waals surface area contributed by atoms with Gasteiger partial charge in [0.15, 0.2) is 0 Å². The van der Waals surface area contributed by atoms with Crippen LogP contribution in [0.4, 0.5) is 18.9 Å². The van der Waals surface area contributed by atoms with Crippen LogP contribution in [0.5, 0.6) is 0 Å². The number of carbonyl (C=O) groups is 2. The van der Waals surface area contributed by atoms with Gasteiger partial charge in [-0.1, -0.05) is 0 Å². The Morgan fingerprint density at radius 3 is 2.42 bits per heavy atom. The van der Waals surface area contributed by atoms with E-state index < -0.39 is 23.4 Å². The van der Waals surface area contributed by atoms with Crippen molar-refractivity contribution in [3.63, 3.8) is 0 Å². The molecule has 2 heterocycles. The van der Waals surface area contributed by atoms with E-state index in [0.29, 0.717) is 0 Å². The van der Waals surface area contributed by atoms with E-state index in [0.717, 1.165) is 17.0 Å². The summed E-state index contributed by atoms with van der Waals surface area (Å²) in [6.07, 6.45) is -3.67. The molecule has 3 rings (SSSR count). The molecule has 142 valence electrons. The first-order valence-corrected chi connectivity index (χ1v) is 8.19. The van der Waals surface area contributed by atoms with E-state index in [2.05, 4.69) is 0 Å². The Labute approximate surface area is 148 Å². The number of nitrogens with zero attached hydrogens (tertiary/aromatic N) is 2. The fourth-order valence-corrected chi connectivity index (χ4v) is 3.33. The van der Waals surface area contributed by atoms with Gasteiger partial charge in [0.05, 0.1) is 12.1 Å². The molecule has 9 heteroatoms. The van der Waals surface area contributed by atoms with Crippen molar-refractivity contribution in [3.05, 3.63) is 30.1 Å². The molecule has 2 aliphatic rings. The van der Waals surface area contributed by atoms with Gasteiger partial charge in [-0.25, -0.2) is 4.39 Å². The van der Waals surface area contributed by atoms with Crippen LogP contribution in [0.1, 0.15) is 12.8 Å². The van der Waals surface area contributed by atoms with Crippen molar-refractivity contribution in [2.45, 2.75) is 24.6 Å². The molecule has 1 aromatic rings. The van der Waals surface area contributed by atoms with Gasteiger partial charge in [0, 0.05) is 25.9 Å². The van der Waals surface area contributed by atoms with E-state index in [1.165, 1.54) is 24.1 Å². The van der Waals surface area contributed by atoms with Crippen LogP contribution in [0.15, 0.2) is 24.3 Å². The Morgan fingerprint density at radius 1 is 1.23 bits per heavy atom. The highest BCUT2D eigenvalue weighted by Crippen LogP contribution is 2.40. The first kappa shape index (κ1) is 18.7. The molecule has 1 aromatic carbocycles. The number of anilines is 1. The van der Waals surface area contributed by atoms with Crippen molar-refractivity contribution in [1.82, 2.24) is 4.90 Å². The van der Waals surface area contributed by atoms with Crippen molar-refractivity contribution in [2.24, 2.45) is 0 Å². The van der Waals surface area contributed by atoms with Crippen LogP contribution < -0.4 is 4.90 Å². The Kier molecular flexibility index (Phi) is 4.94. The number of ether oxygens (including phenoxy) is 2. The van der Waals surface area contributed by atoms with E-state index in [1.54, 1.807) is 0 Å².